The Morgan fingerprint density at radius 1 is 1.35 bits per heavy atom. The molecule has 6 nitrogen and oxygen atoms in total. The molecular weight excluding hydrogens is 330 g/mol. The number of ether oxygens (including phenoxy) is 2. The maximum atomic E-state index is 12.1. The van der Waals surface area contributed by atoms with E-state index in [4.69, 9.17) is 9.47 Å². The summed E-state index contributed by atoms with van der Waals surface area (Å²) in [6.45, 7) is 0.840. The lowest BCUT2D eigenvalue weighted by molar-refractivity contribution is -0.145. The highest BCUT2D eigenvalue weighted by molar-refractivity contribution is 5.90. The van der Waals surface area contributed by atoms with Gasteiger partial charge < -0.3 is 24.3 Å². The monoisotopic (exact) mass is 355 g/mol. The predicted octanol–water partition coefficient (Wildman–Crippen LogP) is 2.88. The normalized spacial score (nSPS) is 14.0. The molecule has 0 fully saturated rings. The fourth-order valence-corrected chi connectivity index (χ4v) is 2.94. The van der Waals surface area contributed by atoms with Crippen LogP contribution in [0.25, 0.3) is 10.9 Å². The number of nitrogens with one attached hydrogen (secondary N) is 1. The lowest BCUT2D eigenvalue weighted by Gasteiger charge is -2.16. The predicted molar refractivity (Wildman–Crippen MR) is 102 cm³/mol. The van der Waals surface area contributed by atoms with Gasteiger partial charge in [-0.1, -0.05) is 12.1 Å². The molecule has 0 radical (unpaired) electrons. The van der Waals surface area contributed by atoms with Gasteiger partial charge in [0.1, 0.15) is 5.75 Å². The minimum absolute atomic E-state index is 0.110. The summed E-state index contributed by atoms with van der Waals surface area (Å²) < 4.78 is 11.1. The Balaban J connectivity index is 1.65. The van der Waals surface area contributed by atoms with Crippen LogP contribution in [0.1, 0.15) is 12.0 Å². The molecule has 1 aromatic heterocycles. The molecule has 1 aromatic carbocycles. The van der Waals surface area contributed by atoms with E-state index in [1.807, 2.05) is 48.6 Å². The molecule has 1 aliphatic rings. The van der Waals surface area contributed by atoms with Crippen molar-refractivity contribution in [1.29, 1.82) is 0 Å². The summed E-state index contributed by atoms with van der Waals surface area (Å²) in [5, 5.41) is 1.05. The molecule has 0 amide bonds. The maximum Gasteiger partial charge on any atom is 0.338 e. The van der Waals surface area contributed by atoms with E-state index in [0.717, 1.165) is 29.6 Å². The first-order valence-electron chi connectivity index (χ1n) is 8.67. The third-order valence-electron chi connectivity index (χ3n) is 4.28. The Bertz CT molecular complexity index is 836. The number of aromatic amines is 1. The van der Waals surface area contributed by atoms with E-state index in [1.54, 1.807) is 6.20 Å². The zero-order valence-corrected chi connectivity index (χ0v) is 15.5. The average molecular weight is 355 g/mol. The van der Waals surface area contributed by atoms with Crippen molar-refractivity contribution in [2.75, 3.05) is 34.5 Å². The van der Waals surface area contributed by atoms with Crippen LogP contribution in [-0.4, -0.2) is 55.2 Å². The summed E-state index contributed by atoms with van der Waals surface area (Å²) in [6.07, 6.45) is 9.12. The number of allylic oxidation sites excluding steroid dienone is 1. The van der Waals surface area contributed by atoms with Gasteiger partial charge in [-0.15, -0.1) is 0 Å². The molecule has 0 bridgehead atoms. The Hall–Kier alpha value is -2.73. The Morgan fingerprint density at radius 3 is 2.96 bits per heavy atom. The standard InChI is InChI=1S/C20H25N3O3/c1-22(2)11-9-15-12-21-17-7-4-8-18(19(15)17)25-14-26-20(24)16-6-5-10-23(3)13-16/h4-5,7-8,10,12-13,21H,6,9,11,14H2,1-3H3. The molecule has 2 heterocycles. The molecule has 0 unspecified atom stereocenters. The van der Waals surface area contributed by atoms with Gasteiger partial charge in [0.05, 0.1) is 5.57 Å². The van der Waals surface area contributed by atoms with Crippen molar-refractivity contribution in [3.05, 3.63) is 54.0 Å². The van der Waals surface area contributed by atoms with E-state index in [9.17, 15) is 4.79 Å². The first-order valence-corrected chi connectivity index (χ1v) is 8.67. The molecule has 0 saturated heterocycles. The number of nitrogens with zero attached hydrogens (tertiary/aromatic N) is 2. The van der Waals surface area contributed by atoms with Gasteiger partial charge in [-0.3, -0.25) is 0 Å². The molecular formula is C20H25N3O3. The van der Waals surface area contributed by atoms with E-state index >= 15 is 0 Å². The van der Waals surface area contributed by atoms with Gasteiger partial charge in [-0.05, 0) is 44.4 Å². The largest absolute Gasteiger partial charge is 0.457 e. The second-order valence-electron chi connectivity index (χ2n) is 6.65. The first kappa shape index (κ1) is 18.1. The number of likely N-dealkylation sites (N-methyl/N-ethyl adjacent to an activating group) is 1. The van der Waals surface area contributed by atoms with Gasteiger partial charge in [0, 0.05) is 43.3 Å². The third-order valence-corrected chi connectivity index (χ3v) is 4.28. The summed E-state index contributed by atoms with van der Waals surface area (Å²) in [7, 11) is 5.98. The van der Waals surface area contributed by atoms with E-state index < -0.39 is 0 Å². The van der Waals surface area contributed by atoms with Crippen LogP contribution in [0.2, 0.25) is 0 Å². The molecule has 26 heavy (non-hydrogen) atoms. The summed E-state index contributed by atoms with van der Waals surface area (Å²) in [6, 6.07) is 5.84. The summed E-state index contributed by atoms with van der Waals surface area (Å²) in [5.41, 5.74) is 2.83. The van der Waals surface area contributed by atoms with E-state index in [2.05, 4.69) is 24.0 Å². The molecule has 3 rings (SSSR count). The molecule has 0 spiro atoms. The molecule has 0 aliphatic carbocycles. The van der Waals surface area contributed by atoms with Crippen molar-refractivity contribution >= 4 is 16.9 Å². The fraction of sp³-hybridized carbons (Fsp3) is 0.350. The Labute approximate surface area is 153 Å². The van der Waals surface area contributed by atoms with Gasteiger partial charge in [0.25, 0.3) is 0 Å². The number of aromatic nitrogens is 1. The molecule has 2 aromatic rings. The number of hydrogen-bond acceptors (Lipinski definition) is 5. The number of benzene rings is 1. The molecule has 138 valence electrons. The first-order chi connectivity index (χ1) is 12.5. The van der Waals surface area contributed by atoms with Gasteiger partial charge in [-0.25, -0.2) is 4.79 Å². The maximum absolute atomic E-state index is 12.1. The number of carbonyl (C=O) groups is 1. The van der Waals surface area contributed by atoms with Crippen LogP contribution < -0.4 is 4.74 Å². The Morgan fingerprint density at radius 2 is 2.19 bits per heavy atom. The van der Waals surface area contributed by atoms with Crippen LogP contribution in [0.15, 0.2) is 48.4 Å². The second-order valence-corrected chi connectivity index (χ2v) is 6.65. The lowest BCUT2D eigenvalue weighted by Crippen LogP contribution is -2.17. The topological polar surface area (TPSA) is 57.8 Å². The highest BCUT2D eigenvalue weighted by atomic mass is 16.7. The summed E-state index contributed by atoms with van der Waals surface area (Å²) in [5.74, 6) is 0.371. The van der Waals surface area contributed by atoms with E-state index in [1.165, 1.54) is 5.56 Å². The van der Waals surface area contributed by atoms with Crippen LogP contribution in [0.5, 0.6) is 5.75 Å². The van der Waals surface area contributed by atoms with Crippen molar-refractivity contribution in [2.45, 2.75) is 12.8 Å². The average Bonchev–Trinajstić information content (AvgIpc) is 3.04. The SMILES string of the molecule is CN1C=CCC(C(=O)OCOc2cccc3[nH]cc(CCN(C)C)c23)=C1. The quantitative estimate of drug-likeness (QED) is 0.611. The summed E-state index contributed by atoms with van der Waals surface area (Å²) >= 11 is 0. The molecule has 0 atom stereocenters. The van der Waals surface area contributed by atoms with Crippen molar-refractivity contribution in [3.8, 4) is 5.75 Å². The minimum atomic E-state index is -0.352. The number of rotatable bonds is 7. The lowest BCUT2D eigenvalue weighted by atomic mass is 10.1. The van der Waals surface area contributed by atoms with Crippen molar-refractivity contribution in [1.82, 2.24) is 14.8 Å². The summed E-state index contributed by atoms with van der Waals surface area (Å²) in [4.78, 5) is 19.4. The number of fused-ring (bicyclic) bond motifs is 1. The van der Waals surface area contributed by atoms with E-state index in [-0.39, 0.29) is 12.8 Å². The molecule has 1 N–H and O–H groups in total. The highest BCUT2D eigenvalue weighted by Crippen LogP contribution is 2.29. The number of H-pyrrole nitrogens is 1. The molecule has 6 heteroatoms. The minimum Gasteiger partial charge on any atom is -0.457 e. The van der Waals surface area contributed by atoms with Crippen LogP contribution >= 0.6 is 0 Å². The fourth-order valence-electron chi connectivity index (χ4n) is 2.94. The number of carbonyl (C=O) groups excluding carboxylic acids is 1. The molecule has 0 saturated carbocycles. The highest BCUT2D eigenvalue weighted by Gasteiger charge is 2.14. The second kappa shape index (κ2) is 8.10. The smallest absolute Gasteiger partial charge is 0.338 e. The van der Waals surface area contributed by atoms with Gasteiger partial charge in [0.2, 0.25) is 6.79 Å². The molecule has 1 aliphatic heterocycles. The third kappa shape index (κ3) is 4.26. The number of hydrogen-bond donors (Lipinski definition) is 1. The van der Waals surface area contributed by atoms with Crippen molar-refractivity contribution in [3.63, 3.8) is 0 Å². The van der Waals surface area contributed by atoms with Crippen LogP contribution in [0.3, 0.4) is 0 Å². The van der Waals surface area contributed by atoms with E-state index in [0.29, 0.717) is 12.0 Å². The van der Waals surface area contributed by atoms with Gasteiger partial charge in [0.15, 0.2) is 0 Å². The van der Waals surface area contributed by atoms with Crippen molar-refractivity contribution < 1.29 is 14.3 Å². The van der Waals surface area contributed by atoms with Crippen LogP contribution in [0.4, 0.5) is 0 Å². The number of esters is 1. The van der Waals surface area contributed by atoms with Gasteiger partial charge in [-0.2, -0.15) is 0 Å². The van der Waals surface area contributed by atoms with Crippen LogP contribution in [-0.2, 0) is 16.0 Å². The van der Waals surface area contributed by atoms with Crippen molar-refractivity contribution in [2.24, 2.45) is 0 Å². The van der Waals surface area contributed by atoms with Gasteiger partial charge >= 0.3 is 5.97 Å². The zero-order valence-electron chi connectivity index (χ0n) is 15.5. The zero-order chi connectivity index (χ0) is 18.5. The van der Waals surface area contributed by atoms with Crippen LogP contribution in [0, 0.1) is 0 Å². The Kier molecular flexibility index (Phi) is 5.63.